The van der Waals surface area contributed by atoms with E-state index in [-0.39, 0.29) is 22.3 Å². The van der Waals surface area contributed by atoms with E-state index in [1.807, 2.05) is 0 Å². The third-order valence-electron chi connectivity index (χ3n) is 3.55. The van der Waals surface area contributed by atoms with E-state index in [2.05, 4.69) is 0 Å². The van der Waals surface area contributed by atoms with Crippen molar-refractivity contribution < 1.29 is 19.2 Å². The monoisotopic (exact) mass is 236 g/mol. The van der Waals surface area contributed by atoms with Crippen LogP contribution in [0.15, 0.2) is 24.3 Å². The highest BCUT2D eigenvalue weighted by atomic mass is 16.2. The molecule has 2 aliphatic carbocycles. The first-order valence-electron chi connectivity index (χ1n) is 5.39. The number of hydrogen-bond acceptors (Lipinski definition) is 4. The zero-order valence-electron chi connectivity index (χ0n) is 8.94. The van der Waals surface area contributed by atoms with Crippen LogP contribution in [-0.2, 0) is 0 Å². The number of carbonyl (C=O) groups is 4. The summed E-state index contributed by atoms with van der Waals surface area (Å²) < 4.78 is 0. The highest BCUT2D eigenvalue weighted by Gasteiger charge is 2.38. The molecule has 0 atom stereocenters. The summed E-state index contributed by atoms with van der Waals surface area (Å²) in [4.78, 5) is 47.1. The Hall–Kier alpha value is -2.62. The maximum Gasteiger partial charge on any atom is 0.234 e. The zero-order valence-corrected chi connectivity index (χ0v) is 8.94. The Labute approximate surface area is 100 Å². The quantitative estimate of drug-likeness (QED) is 0.651. The second kappa shape index (κ2) is 2.61. The predicted octanol–water partition coefficient (Wildman–Crippen LogP) is 1.60. The molecule has 4 heteroatoms. The van der Waals surface area contributed by atoms with Gasteiger partial charge in [0.25, 0.3) is 0 Å². The fourth-order valence-corrected chi connectivity index (χ4v) is 2.74. The van der Waals surface area contributed by atoms with Crippen molar-refractivity contribution in [1.82, 2.24) is 0 Å². The van der Waals surface area contributed by atoms with Gasteiger partial charge in [0, 0.05) is 33.0 Å². The number of carbonyl (C=O) groups excluding carboxylic acids is 4. The number of hydrogen-bond donors (Lipinski definition) is 0. The number of rotatable bonds is 0. The van der Waals surface area contributed by atoms with E-state index in [1.165, 1.54) is 24.3 Å². The van der Waals surface area contributed by atoms with E-state index < -0.39 is 23.1 Å². The first-order chi connectivity index (χ1) is 8.61. The summed E-state index contributed by atoms with van der Waals surface area (Å²) in [6.07, 6.45) is 0. The Balaban J connectivity index is 2.35. The first-order valence-corrected chi connectivity index (χ1v) is 5.39. The molecule has 2 aliphatic rings. The van der Waals surface area contributed by atoms with Crippen molar-refractivity contribution >= 4 is 33.9 Å². The van der Waals surface area contributed by atoms with Crippen LogP contribution in [0, 0.1) is 0 Å². The first kappa shape index (κ1) is 9.41. The van der Waals surface area contributed by atoms with E-state index in [0.717, 1.165) is 0 Å². The van der Waals surface area contributed by atoms with Crippen molar-refractivity contribution in [3.63, 3.8) is 0 Å². The summed E-state index contributed by atoms with van der Waals surface area (Å²) in [7, 11) is 0. The summed E-state index contributed by atoms with van der Waals surface area (Å²) in [6.45, 7) is 0. The predicted molar refractivity (Wildman–Crippen MR) is 61.3 cm³/mol. The van der Waals surface area contributed by atoms with E-state index in [1.54, 1.807) is 0 Å². The smallest absolute Gasteiger partial charge is 0.234 e. The molecule has 0 saturated heterocycles. The van der Waals surface area contributed by atoms with Crippen molar-refractivity contribution in [3.8, 4) is 0 Å². The largest absolute Gasteiger partial charge is 0.285 e. The maximum atomic E-state index is 11.8. The fraction of sp³-hybridized carbons (Fsp3) is 0. The summed E-state index contributed by atoms with van der Waals surface area (Å²) in [6, 6.07) is 5.81. The molecule has 0 N–H and O–H groups in total. The van der Waals surface area contributed by atoms with Gasteiger partial charge in [-0.25, -0.2) is 0 Å². The van der Waals surface area contributed by atoms with Crippen LogP contribution >= 0.6 is 0 Å². The van der Waals surface area contributed by atoms with Crippen molar-refractivity contribution in [2.45, 2.75) is 0 Å². The van der Waals surface area contributed by atoms with E-state index >= 15 is 0 Å². The molecule has 2 aromatic carbocycles. The SMILES string of the molecule is O=C1C(=O)c2ccc3c4c(ccc1c24)C(=O)C3=O. The molecule has 2 aromatic rings. The minimum absolute atomic E-state index is 0.290. The molecule has 0 spiro atoms. The highest BCUT2D eigenvalue weighted by Crippen LogP contribution is 2.38. The third kappa shape index (κ3) is 0.777. The molecule has 84 valence electrons. The van der Waals surface area contributed by atoms with Crippen LogP contribution in [0.2, 0.25) is 0 Å². The highest BCUT2D eigenvalue weighted by molar-refractivity contribution is 6.62. The minimum Gasteiger partial charge on any atom is -0.285 e. The second-order valence-corrected chi connectivity index (χ2v) is 4.39. The molecule has 0 unspecified atom stereocenters. The van der Waals surface area contributed by atoms with Gasteiger partial charge in [0.1, 0.15) is 0 Å². The molecule has 0 aromatic heterocycles. The Morgan fingerprint density at radius 2 is 0.667 bits per heavy atom. The fourth-order valence-electron chi connectivity index (χ4n) is 2.74. The summed E-state index contributed by atoms with van der Waals surface area (Å²) in [5, 5.41) is 0.915. The minimum atomic E-state index is -0.569. The summed E-state index contributed by atoms with van der Waals surface area (Å²) in [5.41, 5.74) is 1.16. The van der Waals surface area contributed by atoms with E-state index in [0.29, 0.717) is 10.8 Å². The number of Topliss-reactive ketones (excluding diaryl/α,β-unsaturated/α-hetero) is 4. The van der Waals surface area contributed by atoms with Gasteiger partial charge in [-0.3, -0.25) is 19.2 Å². The lowest BCUT2D eigenvalue weighted by molar-refractivity contribution is 0.0823. The zero-order chi connectivity index (χ0) is 12.6. The van der Waals surface area contributed by atoms with Gasteiger partial charge in [-0.2, -0.15) is 0 Å². The van der Waals surface area contributed by atoms with E-state index in [4.69, 9.17) is 0 Å². The molecular formula is C14H4O4. The van der Waals surface area contributed by atoms with Gasteiger partial charge in [-0.05, 0) is 24.3 Å². The normalized spacial score (nSPS) is 16.2. The molecule has 0 aliphatic heterocycles. The van der Waals surface area contributed by atoms with Crippen molar-refractivity contribution in [3.05, 3.63) is 46.5 Å². The van der Waals surface area contributed by atoms with Crippen LogP contribution in [-0.4, -0.2) is 23.1 Å². The molecule has 0 radical (unpaired) electrons. The van der Waals surface area contributed by atoms with Crippen LogP contribution in [0.1, 0.15) is 41.4 Å². The average Bonchev–Trinajstić information content (AvgIpc) is 2.77. The van der Waals surface area contributed by atoms with Gasteiger partial charge in [-0.1, -0.05) is 0 Å². The summed E-state index contributed by atoms with van der Waals surface area (Å²) in [5.74, 6) is -2.28. The maximum absolute atomic E-state index is 11.8. The molecule has 18 heavy (non-hydrogen) atoms. The van der Waals surface area contributed by atoms with Crippen molar-refractivity contribution in [2.24, 2.45) is 0 Å². The lowest BCUT2D eigenvalue weighted by Gasteiger charge is -2.00. The van der Waals surface area contributed by atoms with Crippen LogP contribution in [0.3, 0.4) is 0 Å². The van der Waals surface area contributed by atoms with Crippen molar-refractivity contribution in [1.29, 1.82) is 0 Å². The van der Waals surface area contributed by atoms with E-state index in [9.17, 15) is 19.2 Å². The molecular weight excluding hydrogens is 232 g/mol. The summed E-state index contributed by atoms with van der Waals surface area (Å²) >= 11 is 0. The molecule has 0 saturated carbocycles. The van der Waals surface area contributed by atoms with Gasteiger partial charge in [0.15, 0.2) is 0 Å². The lowest BCUT2D eigenvalue weighted by atomic mass is 10.00. The Morgan fingerprint density at radius 3 is 0.889 bits per heavy atom. The van der Waals surface area contributed by atoms with Crippen molar-refractivity contribution in [2.75, 3.05) is 0 Å². The molecule has 4 nitrogen and oxygen atoms in total. The topological polar surface area (TPSA) is 68.3 Å². The van der Waals surface area contributed by atoms with Gasteiger partial charge in [0.05, 0.1) is 0 Å². The standard InChI is InChI=1S/C14H4O4/c15-11-5-1-2-6-10-8(14(18)12(6)16)4-3-7(9(5)10)13(11)17/h1-4H. The lowest BCUT2D eigenvalue weighted by Crippen LogP contribution is -2.08. The Kier molecular flexibility index (Phi) is 1.37. The number of ketones is 4. The van der Waals surface area contributed by atoms with Gasteiger partial charge in [-0.15, -0.1) is 0 Å². The average molecular weight is 236 g/mol. The van der Waals surface area contributed by atoms with Crippen LogP contribution in [0.5, 0.6) is 0 Å². The molecule has 0 amide bonds. The van der Waals surface area contributed by atoms with Gasteiger partial charge in [0.2, 0.25) is 23.1 Å². The molecule has 0 heterocycles. The molecule has 0 bridgehead atoms. The number of benzene rings is 2. The Bertz CT molecular complexity index is 705. The van der Waals surface area contributed by atoms with Crippen LogP contribution < -0.4 is 0 Å². The second-order valence-electron chi connectivity index (χ2n) is 4.39. The van der Waals surface area contributed by atoms with Crippen LogP contribution in [0.4, 0.5) is 0 Å². The van der Waals surface area contributed by atoms with Gasteiger partial charge >= 0.3 is 0 Å². The van der Waals surface area contributed by atoms with Crippen LogP contribution in [0.25, 0.3) is 10.8 Å². The third-order valence-corrected chi connectivity index (χ3v) is 3.55. The molecule has 0 fully saturated rings. The Morgan fingerprint density at radius 1 is 0.444 bits per heavy atom. The molecule has 4 rings (SSSR count). The van der Waals surface area contributed by atoms with Gasteiger partial charge < -0.3 is 0 Å².